The Morgan fingerprint density at radius 3 is 2.61 bits per heavy atom. The molecule has 0 aliphatic rings. The van der Waals surface area contributed by atoms with Crippen molar-refractivity contribution in [3.05, 3.63) is 51.5 Å². The van der Waals surface area contributed by atoms with Crippen molar-refractivity contribution in [2.45, 2.75) is 0 Å². The number of carbonyl (C=O) groups excluding carboxylic acids is 1. The highest BCUT2D eigenvalue weighted by Crippen LogP contribution is 2.09. The normalized spacial score (nSPS) is 10.7. The van der Waals surface area contributed by atoms with Gasteiger partial charge >= 0.3 is 0 Å². The molecular formula is C12H9IN2O3. The fourth-order valence-corrected chi connectivity index (χ4v) is 1.66. The van der Waals surface area contributed by atoms with Crippen molar-refractivity contribution in [3.8, 4) is 5.75 Å². The molecule has 18 heavy (non-hydrogen) atoms. The molecule has 1 aromatic carbocycles. The summed E-state index contributed by atoms with van der Waals surface area (Å²) in [5.41, 5.74) is 2.78. The summed E-state index contributed by atoms with van der Waals surface area (Å²) in [6, 6.07) is 9.44. The fraction of sp³-hybridized carbons (Fsp3) is 0. The van der Waals surface area contributed by atoms with Gasteiger partial charge in [-0.2, -0.15) is 5.10 Å². The zero-order valence-electron chi connectivity index (χ0n) is 9.13. The van der Waals surface area contributed by atoms with Crippen LogP contribution in [0.25, 0.3) is 0 Å². The molecule has 2 aromatic rings. The lowest BCUT2D eigenvalue weighted by Gasteiger charge is -1.99. The maximum Gasteiger partial charge on any atom is 0.271 e. The minimum atomic E-state index is -0.354. The second kappa shape index (κ2) is 5.67. The van der Waals surface area contributed by atoms with Crippen molar-refractivity contribution in [1.29, 1.82) is 0 Å². The number of phenols is 1. The van der Waals surface area contributed by atoms with E-state index in [1.54, 1.807) is 12.1 Å². The van der Waals surface area contributed by atoms with Crippen LogP contribution in [0.5, 0.6) is 5.75 Å². The van der Waals surface area contributed by atoms with Crippen molar-refractivity contribution in [3.63, 3.8) is 0 Å². The number of nitrogens with one attached hydrogen (secondary N) is 1. The van der Waals surface area contributed by atoms with Gasteiger partial charge in [-0.25, -0.2) is 5.43 Å². The topological polar surface area (TPSA) is 74.8 Å². The Hall–Kier alpha value is -1.83. The quantitative estimate of drug-likeness (QED) is 0.504. The third-order valence-corrected chi connectivity index (χ3v) is 2.66. The second-order valence-corrected chi connectivity index (χ2v) is 4.45. The lowest BCUT2D eigenvalue weighted by Crippen LogP contribution is -2.17. The lowest BCUT2D eigenvalue weighted by atomic mass is 10.2. The summed E-state index contributed by atoms with van der Waals surface area (Å²) >= 11 is 2.04. The smallest absolute Gasteiger partial charge is 0.271 e. The SMILES string of the molecule is O=C(N/N=C\c1ccc(I)o1)c1ccc(O)cc1. The number of carbonyl (C=O) groups is 1. The van der Waals surface area contributed by atoms with Crippen LogP contribution < -0.4 is 5.43 Å². The first kappa shape index (κ1) is 12.6. The molecule has 2 rings (SSSR count). The fourth-order valence-electron chi connectivity index (χ4n) is 1.23. The average Bonchev–Trinajstić information content (AvgIpc) is 2.76. The zero-order chi connectivity index (χ0) is 13.0. The van der Waals surface area contributed by atoms with E-state index in [1.165, 1.54) is 30.5 Å². The van der Waals surface area contributed by atoms with Crippen LogP contribution in [0.15, 0.2) is 45.9 Å². The van der Waals surface area contributed by atoms with E-state index in [1.807, 2.05) is 22.6 Å². The Balaban J connectivity index is 1.96. The number of hydrogen-bond acceptors (Lipinski definition) is 4. The molecule has 0 saturated carbocycles. The molecule has 0 aliphatic carbocycles. The Kier molecular flexibility index (Phi) is 3.98. The van der Waals surface area contributed by atoms with Crippen LogP contribution in [0, 0.1) is 3.77 Å². The predicted octanol–water partition coefficient (Wildman–Crippen LogP) is 2.35. The van der Waals surface area contributed by atoms with Gasteiger partial charge in [0.05, 0.1) is 6.21 Å². The van der Waals surface area contributed by atoms with Crippen LogP contribution >= 0.6 is 22.6 Å². The molecule has 1 heterocycles. The number of nitrogens with zero attached hydrogens (tertiary/aromatic N) is 1. The summed E-state index contributed by atoms with van der Waals surface area (Å²) in [5.74, 6) is 0.318. The van der Waals surface area contributed by atoms with Crippen molar-refractivity contribution in [1.82, 2.24) is 5.43 Å². The lowest BCUT2D eigenvalue weighted by molar-refractivity contribution is 0.0955. The van der Waals surface area contributed by atoms with Gasteiger partial charge in [0.1, 0.15) is 11.5 Å². The van der Waals surface area contributed by atoms with Gasteiger partial charge in [-0.1, -0.05) is 0 Å². The predicted molar refractivity (Wildman–Crippen MR) is 74.6 cm³/mol. The summed E-state index contributed by atoms with van der Waals surface area (Å²) < 4.78 is 5.99. The van der Waals surface area contributed by atoms with Crippen LogP contribution in [0.1, 0.15) is 16.1 Å². The minimum Gasteiger partial charge on any atom is -0.508 e. The Bertz CT molecular complexity index is 575. The third-order valence-electron chi connectivity index (χ3n) is 2.08. The molecule has 0 unspecified atom stereocenters. The number of benzene rings is 1. The van der Waals surface area contributed by atoms with Crippen molar-refractivity contribution in [2.75, 3.05) is 0 Å². The first-order chi connectivity index (χ1) is 8.65. The summed E-state index contributed by atoms with van der Waals surface area (Å²) in [6.45, 7) is 0. The van der Waals surface area contributed by atoms with E-state index in [0.29, 0.717) is 11.3 Å². The van der Waals surface area contributed by atoms with E-state index < -0.39 is 0 Å². The molecule has 0 radical (unpaired) electrons. The third kappa shape index (κ3) is 3.33. The summed E-state index contributed by atoms with van der Waals surface area (Å²) in [4.78, 5) is 11.6. The number of aromatic hydroxyl groups is 1. The number of halogens is 1. The summed E-state index contributed by atoms with van der Waals surface area (Å²) in [7, 11) is 0. The van der Waals surface area contributed by atoms with Gasteiger partial charge in [0.15, 0.2) is 3.77 Å². The van der Waals surface area contributed by atoms with Crippen LogP contribution in [0.3, 0.4) is 0 Å². The largest absolute Gasteiger partial charge is 0.508 e. The van der Waals surface area contributed by atoms with Gasteiger partial charge in [-0.3, -0.25) is 4.79 Å². The number of phenolic OH excluding ortho intramolecular Hbond substituents is 1. The molecule has 1 aromatic heterocycles. The van der Waals surface area contributed by atoms with Crippen LogP contribution in [0.2, 0.25) is 0 Å². The first-order valence-corrected chi connectivity index (χ1v) is 6.11. The molecule has 0 saturated heterocycles. The molecule has 0 atom stereocenters. The van der Waals surface area contributed by atoms with Crippen LogP contribution in [-0.4, -0.2) is 17.2 Å². The van der Waals surface area contributed by atoms with E-state index in [4.69, 9.17) is 9.52 Å². The Morgan fingerprint density at radius 2 is 2.00 bits per heavy atom. The van der Waals surface area contributed by atoms with Crippen LogP contribution in [-0.2, 0) is 0 Å². The minimum absolute atomic E-state index is 0.111. The monoisotopic (exact) mass is 356 g/mol. The van der Waals surface area contributed by atoms with Gasteiger partial charge in [0.2, 0.25) is 0 Å². The second-order valence-electron chi connectivity index (χ2n) is 3.39. The highest BCUT2D eigenvalue weighted by molar-refractivity contribution is 14.1. The molecule has 1 amide bonds. The molecule has 6 heteroatoms. The van der Waals surface area contributed by atoms with E-state index >= 15 is 0 Å². The number of hydrogen-bond donors (Lipinski definition) is 2. The van der Waals surface area contributed by atoms with E-state index in [2.05, 4.69) is 10.5 Å². The highest BCUT2D eigenvalue weighted by Gasteiger charge is 2.03. The molecule has 0 bridgehead atoms. The number of furan rings is 1. The maximum atomic E-state index is 11.6. The average molecular weight is 356 g/mol. The van der Waals surface area contributed by atoms with Gasteiger partial charge in [0.25, 0.3) is 5.91 Å². The standard InChI is InChI=1S/C12H9IN2O3/c13-11-6-5-10(18-11)7-14-15-12(17)8-1-3-9(16)4-2-8/h1-7,16H,(H,15,17)/b14-7-. The molecule has 5 nitrogen and oxygen atoms in total. The Labute approximate surface area is 117 Å². The number of hydrazone groups is 1. The molecule has 2 N–H and O–H groups in total. The molecular weight excluding hydrogens is 347 g/mol. The van der Waals surface area contributed by atoms with Gasteiger partial charge in [0, 0.05) is 5.56 Å². The van der Waals surface area contributed by atoms with E-state index in [-0.39, 0.29) is 11.7 Å². The summed E-state index contributed by atoms with van der Waals surface area (Å²) in [5, 5.41) is 12.9. The molecule has 0 spiro atoms. The van der Waals surface area contributed by atoms with Crippen molar-refractivity contribution >= 4 is 34.7 Å². The van der Waals surface area contributed by atoms with Crippen molar-refractivity contribution in [2.24, 2.45) is 5.10 Å². The van der Waals surface area contributed by atoms with Gasteiger partial charge < -0.3 is 9.52 Å². The summed E-state index contributed by atoms with van der Waals surface area (Å²) in [6.07, 6.45) is 1.42. The highest BCUT2D eigenvalue weighted by atomic mass is 127. The van der Waals surface area contributed by atoms with Gasteiger partial charge in [-0.05, 0) is 59.0 Å². The molecule has 0 aliphatic heterocycles. The number of amides is 1. The molecule has 0 fully saturated rings. The van der Waals surface area contributed by atoms with Crippen LogP contribution in [0.4, 0.5) is 0 Å². The Morgan fingerprint density at radius 1 is 1.28 bits per heavy atom. The molecule has 92 valence electrons. The van der Waals surface area contributed by atoms with E-state index in [0.717, 1.165) is 3.77 Å². The first-order valence-electron chi connectivity index (χ1n) is 5.03. The van der Waals surface area contributed by atoms with Gasteiger partial charge in [-0.15, -0.1) is 0 Å². The zero-order valence-corrected chi connectivity index (χ0v) is 11.3. The number of rotatable bonds is 3. The maximum absolute atomic E-state index is 11.6. The van der Waals surface area contributed by atoms with E-state index in [9.17, 15) is 4.79 Å². The van der Waals surface area contributed by atoms with Crippen molar-refractivity contribution < 1.29 is 14.3 Å².